The second-order valence-corrected chi connectivity index (χ2v) is 4.99. The molecule has 0 saturated heterocycles. The third-order valence-corrected chi connectivity index (χ3v) is 3.96. The van der Waals surface area contributed by atoms with Crippen molar-refractivity contribution in [1.29, 1.82) is 0 Å². The molecule has 0 spiro atoms. The van der Waals surface area contributed by atoms with Crippen LogP contribution in [-0.4, -0.2) is 10.1 Å². The fourth-order valence-electron chi connectivity index (χ4n) is 1.65. The lowest BCUT2D eigenvalue weighted by Gasteiger charge is -2.10. The SMILES string of the molecule is CCc1ccc(C(O)c2cnccc2C)s1. The van der Waals surface area contributed by atoms with Gasteiger partial charge >= 0.3 is 0 Å². The Hall–Kier alpha value is -1.19. The van der Waals surface area contributed by atoms with E-state index in [1.54, 1.807) is 23.7 Å². The number of pyridine rings is 1. The molecule has 2 aromatic rings. The summed E-state index contributed by atoms with van der Waals surface area (Å²) in [5.74, 6) is 0. The van der Waals surface area contributed by atoms with Crippen molar-refractivity contribution in [3.05, 3.63) is 51.5 Å². The Morgan fingerprint density at radius 2 is 2.19 bits per heavy atom. The van der Waals surface area contributed by atoms with Crippen molar-refractivity contribution in [2.24, 2.45) is 0 Å². The van der Waals surface area contributed by atoms with Crippen molar-refractivity contribution >= 4 is 11.3 Å². The average molecular weight is 233 g/mol. The largest absolute Gasteiger partial charge is 0.383 e. The van der Waals surface area contributed by atoms with Gasteiger partial charge in [0.1, 0.15) is 6.10 Å². The maximum absolute atomic E-state index is 10.3. The van der Waals surface area contributed by atoms with Gasteiger partial charge < -0.3 is 5.11 Å². The molecule has 0 aliphatic rings. The second kappa shape index (κ2) is 4.76. The van der Waals surface area contributed by atoms with Gasteiger partial charge in [-0.2, -0.15) is 0 Å². The molecule has 0 aromatic carbocycles. The van der Waals surface area contributed by atoms with Crippen LogP contribution in [0.15, 0.2) is 30.6 Å². The lowest BCUT2D eigenvalue weighted by atomic mass is 10.1. The molecular weight excluding hydrogens is 218 g/mol. The minimum absolute atomic E-state index is 0.543. The molecule has 0 aliphatic heterocycles. The highest BCUT2D eigenvalue weighted by molar-refractivity contribution is 7.12. The highest BCUT2D eigenvalue weighted by Gasteiger charge is 2.14. The zero-order valence-electron chi connectivity index (χ0n) is 9.47. The molecule has 2 nitrogen and oxygen atoms in total. The fourth-order valence-corrected chi connectivity index (χ4v) is 2.61. The first-order valence-corrected chi connectivity index (χ1v) is 6.21. The Morgan fingerprint density at radius 1 is 1.38 bits per heavy atom. The Kier molecular flexibility index (Phi) is 3.36. The number of hydrogen-bond donors (Lipinski definition) is 1. The molecule has 0 saturated carbocycles. The molecule has 16 heavy (non-hydrogen) atoms. The number of thiophene rings is 1. The number of aliphatic hydroxyl groups is 1. The molecule has 0 radical (unpaired) electrons. The Bertz CT molecular complexity index is 478. The summed E-state index contributed by atoms with van der Waals surface area (Å²) in [5, 5.41) is 10.3. The number of aromatic nitrogens is 1. The standard InChI is InChI=1S/C13H15NOS/c1-3-10-4-5-12(16-10)13(15)11-8-14-7-6-9(11)2/h4-8,13,15H,3H2,1-2H3. The maximum Gasteiger partial charge on any atom is 0.115 e. The summed E-state index contributed by atoms with van der Waals surface area (Å²) in [5.41, 5.74) is 1.97. The summed E-state index contributed by atoms with van der Waals surface area (Å²) in [6.07, 6.45) is 3.96. The first kappa shape index (κ1) is 11.3. The molecule has 1 atom stereocenters. The van der Waals surface area contributed by atoms with E-state index in [2.05, 4.69) is 18.0 Å². The Morgan fingerprint density at radius 3 is 2.81 bits per heavy atom. The van der Waals surface area contributed by atoms with Gasteiger partial charge in [0.2, 0.25) is 0 Å². The average Bonchev–Trinajstić information content (AvgIpc) is 2.77. The number of aryl methyl sites for hydroxylation is 2. The fraction of sp³-hybridized carbons (Fsp3) is 0.308. The van der Waals surface area contributed by atoms with Crippen LogP contribution in [0.1, 0.15) is 33.9 Å². The summed E-state index contributed by atoms with van der Waals surface area (Å²) in [7, 11) is 0. The van der Waals surface area contributed by atoms with Crippen molar-refractivity contribution < 1.29 is 5.11 Å². The molecule has 0 amide bonds. The molecule has 1 N–H and O–H groups in total. The van der Waals surface area contributed by atoms with E-state index < -0.39 is 6.10 Å². The van der Waals surface area contributed by atoms with Gasteiger partial charge in [-0.25, -0.2) is 0 Å². The highest BCUT2D eigenvalue weighted by Crippen LogP contribution is 2.29. The van der Waals surface area contributed by atoms with E-state index in [-0.39, 0.29) is 0 Å². The molecule has 2 heterocycles. The topological polar surface area (TPSA) is 33.1 Å². The summed E-state index contributed by atoms with van der Waals surface area (Å²) in [4.78, 5) is 6.36. The van der Waals surface area contributed by atoms with Crippen molar-refractivity contribution in [3.63, 3.8) is 0 Å². The van der Waals surface area contributed by atoms with Crippen LogP contribution < -0.4 is 0 Å². The highest BCUT2D eigenvalue weighted by atomic mass is 32.1. The number of nitrogens with zero attached hydrogens (tertiary/aromatic N) is 1. The lowest BCUT2D eigenvalue weighted by Crippen LogP contribution is -2.00. The first-order chi connectivity index (χ1) is 7.72. The van der Waals surface area contributed by atoms with Gasteiger partial charge in [-0.15, -0.1) is 11.3 Å². The Labute approximate surface area is 99.6 Å². The van der Waals surface area contributed by atoms with E-state index in [1.807, 2.05) is 19.1 Å². The monoisotopic (exact) mass is 233 g/mol. The smallest absolute Gasteiger partial charge is 0.115 e. The van der Waals surface area contributed by atoms with E-state index in [4.69, 9.17) is 0 Å². The number of aliphatic hydroxyl groups excluding tert-OH is 1. The van der Waals surface area contributed by atoms with Gasteiger partial charge in [0.15, 0.2) is 0 Å². The van der Waals surface area contributed by atoms with Crippen LogP contribution in [-0.2, 0) is 6.42 Å². The van der Waals surface area contributed by atoms with Crippen molar-refractivity contribution in [2.75, 3.05) is 0 Å². The van der Waals surface area contributed by atoms with Crippen LogP contribution in [0.3, 0.4) is 0 Å². The molecule has 2 rings (SSSR count). The third-order valence-electron chi connectivity index (χ3n) is 2.67. The molecule has 2 aromatic heterocycles. The quantitative estimate of drug-likeness (QED) is 0.883. The van der Waals surface area contributed by atoms with Crippen LogP contribution in [0.4, 0.5) is 0 Å². The van der Waals surface area contributed by atoms with Gasteiger partial charge in [0, 0.05) is 27.7 Å². The molecular formula is C13H15NOS. The molecule has 1 unspecified atom stereocenters. The predicted molar refractivity (Wildman–Crippen MR) is 66.7 cm³/mol. The molecule has 3 heteroatoms. The zero-order valence-corrected chi connectivity index (χ0v) is 10.3. The van der Waals surface area contributed by atoms with E-state index >= 15 is 0 Å². The van der Waals surface area contributed by atoms with Crippen molar-refractivity contribution in [3.8, 4) is 0 Å². The molecule has 0 fully saturated rings. The normalized spacial score (nSPS) is 12.7. The van der Waals surface area contributed by atoms with Gasteiger partial charge in [-0.1, -0.05) is 6.92 Å². The predicted octanol–water partition coefficient (Wildman–Crippen LogP) is 3.10. The van der Waals surface area contributed by atoms with Gasteiger partial charge in [0.25, 0.3) is 0 Å². The summed E-state index contributed by atoms with van der Waals surface area (Å²) in [6.45, 7) is 4.12. The van der Waals surface area contributed by atoms with Crippen molar-refractivity contribution in [1.82, 2.24) is 4.98 Å². The van der Waals surface area contributed by atoms with Crippen LogP contribution in [0.2, 0.25) is 0 Å². The van der Waals surface area contributed by atoms with E-state index in [0.29, 0.717) is 0 Å². The zero-order chi connectivity index (χ0) is 11.5. The maximum atomic E-state index is 10.3. The minimum atomic E-state index is -0.543. The van der Waals surface area contributed by atoms with Gasteiger partial charge in [0.05, 0.1) is 0 Å². The third kappa shape index (κ3) is 2.15. The molecule has 0 bridgehead atoms. The van der Waals surface area contributed by atoms with Gasteiger partial charge in [-0.3, -0.25) is 4.98 Å². The lowest BCUT2D eigenvalue weighted by molar-refractivity contribution is 0.223. The molecule has 0 aliphatic carbocycles. The number of rotatable bonds is 3. The van der Waals surface area contributed by atoms with E-state index in [9.17, 15) is 5.11 Å². The van der Waals surface area contributed by atoms with Crippen LogP contribution in [0, 0.1) is 6.92 Å². The summed E-state index contributed by atoms with van der Waals surface area (Å²) in [6, 6.07) is 6.00. The van der Waals surface area contributed by atoms with Crippen LogP contribution in [0.25, 0.3) is 0 Å². The first-order valence-electron chi connectivity index (χ1n) is 5.39. The van der Waals surface area contributed by atoms with E-state index in [1.165, 1.54) is 4.88 Å². The van der Waals surface area contributed by atoms with Crippen molar-refractivity contribution in [2.45, 2.75) is 26.4 Å². The van der Waals surface area contributed by atoms with Gasteiger partial charge in [-0.05, 0) is 37.1 Å². The summed E-state index contributed by atoms with van der Waals surface area (Å²) >= 11 is 1.67. The number of hydrogen-bond acceptors (Lipinski definition) is 3. The van der Waals surface area contributed by atoms with E-state index in [0.717, 1.165) is 22.4 Å². The Balaban J connectivity index is 2.31. The van der Waals surface area contributed by atoms with Crippen LogP contribution in [0.5, 0.6) is 0 Å². The molecule has 84 valence electrons. The second-order valence-electron chi connectivity index (χ2n) is 3.79. The minimum Gasteiger partial charge on any atom is -0.383 e. The van der Waals surface area contributed by atoms with Crippen LogP contribution >= 0.6 is 11.3 Å². The summed E-state index contributed by atoms with van der Waals surface area (Å²) < 4.78 is 0.